The van der Waals surface area contributed by atoms with Crippen molar-refractivity contribution in [2.45, 2.75) is 58.2 Å². The first-order chi connectivity index (χ1) is 16.6. The highest BCUT2D eigenvalue weighted by Gasteiger charge is 2.22. The maximum atomic E-state index is 5.83. The zero-order valence-electron chi connectivity index (χ0n) is 20.8. The summed E-state index contributed by atoms with van der Waals surface area (Å²) >= 11 is 0. The van der Waals surface area contributed by atoms with Crippen molar-refractivity contribution in [1.29, 1.82) is 0 Å². The van der Waals surface area contributed by atoms with Crippen molar-refractivity contribution in [1.82, 2.24) is 15.3 Å². The Labute approximate surface area is 202 Å². The Kier molecular flexibility index (Phi) is 8.06. The Hall–Kier alpha value is -3.06. The van der Waals surface area contributed by atoms with Gasteiger partial charge in [0.1, 0.15) is 17.3 Å². The standard InChI is InChI=1S/C27H37N5O2/c1-5-33-22-15-16-25(34-6-2)19(17-22)18-28-20-11-13-21(14-12-20)29-27-30-24-10-8-7-9-23(24)26(31-27)32(3)4/h7-10,15-17,20-21,28H,5-6,11-14,18H2,1-4H3,(H,29,30,31)/t20-,21+. The van der Waals surface area contributed by atoms with Gasteiger partial charge in [0.25, 0.3) is 0 Å². The Balaban J connectivity index is 1.34. The first-order valence-electron chi connectivity index (χ1n) is 12.4. The molecular formula is C27H37N5O2. The van der Waals surface area contributed by atoms with Crippen LogP contribution in [0.2, 0.25) is 0 Å². The molecule has 1 fully saturated rings. The van der Waals surface area contributed by atoms with Gasteiger partial charge in [0.15, 0.2) is 0 Å². The molecule has 1 aliphatic carbocycles. The monoisotopic (exact) mass is 463 g/mol. The first kappa shape index (κ1) is 24.1. The molecule has 0 amide bonds. The van der Waals surface area contributed by atoms with Gasteiger partial charge in [0, 0.05) is 43.7 Å². The van der Waals surface area contributed by atoms with Crippen LogP contribution in [0.1, 0.15) is 45.1 Å². The second kappa shape index (κ2) is 11.4. The molecule has 0 unspecified atom stereocenters. The minimum absolute atomic E-state index is 0.384. The fraction of sp³-hybridized carbons (Fsp3) is 0.481. The van der Waals surface area contributed by atoms with Gasteiger partial charge in [-0.1, -0.05) is 12.1 Å². The van der Waals surface area contributed by atoms with E-state index in [9.17, 15) is 0 Å². The summed E-state index contributed by atoms with van der Waals surface area (Å²) in [6, 6.07) is 15.1. The number of para-hydroxylation sites is 1. The van der Waals surface area contributed by atoms with E-state index in [4.69, 9.17) is 19.4 Å². The maximum absolute atomic E-state index is 5.83. The summed E-state index contributed by atoms with van der Waals surface area (Å²) in [7, 11) is 4.05. The second-order valence-electron chi connectivity index (χ2n) is 8.99. The molecule has 2 aromatic carbocycles. The van der Waals surface area contributed by atoms with Crippen LogP contribution in [0.25, 0.3) is 10.9 Å². The predicted molar refractivity (Wildman–Crippen MR) is 139 cm³/mol. The summed E-state index contributed by atoms with van der Waals surface area (Å²) in [5.74, 6) is 3.48. The smallest absolute Gasteiger partial charge is 0.225 e. The summed E-state index contributed by atoms with van der Waals surface area (Å²) < 4.78 is 11.5. The largest absolute Gasteiger partial charge is 0.494 e. The predicted octanol–water partition coefficient (Wildman–Crippen LogP) is 5.01. The van der Waals surface area contributed by atoms with E-state index in [0.29, 0.717) is 31.2 Å². The summed E-state index contributed by atoms with van der Waals surface area (Å²) in [6.07, 6.45) is 4.40. The van der Waals surface area contributed by atoms with E-state index in [1.165, 1.54) is 0 Å². The van der Waals surface area contributed by atoms with E-state index < -0.39 is 0 Å². The molecule has 34 heavy (non-hydrogen) atoms. The van der Waals surface area contributed by atoms with Crippen molar-refractivity contribution in [3.8, 4) is 11.5 Å². The van der Waals surface area contributed by atoms with Gasteiger partial charge in [0.2, 0.25) is 5.95 Å². The summed E-state index contributed by atoms with van der Waals surface area (Å²) in [4.78, 5) is 11.6. The number of fused-ring (bicyclic) bond motifs is 1. The SMILES string of the molecule is CCOc1ccc(OCC)c(CN[C@H]2CC[C@@H](Nc3nc(N(C)C)c4ccccc4n3)CC2)c1. The van der Waals surface area contributed by atoms with E-state index >= 15 is 0 Å². The van der Waals surface area contributed by atoms with E-state index in [1.807, 2.05) is 63.2 Å². The molecule has 0 radical (unpaired) electrons. The van der Waals surface area contributed by atoms with Crippen LogP contribution < -0.4 is 25.0 Å². The van der Waals surface area contributed by atoms with Gasteiger partial charge < -0.3 is 25.0 Å². The van der Waals surface area contributed by atoms with E-state index in [1.54, 1.807) is 0 Å². The maximum Gasteiger partial charge on any atom is 0.225 e. The lowest BCUT2D eigenvalue weighted by Crippen LogP contribution is -2.37. The highest BCUT2D eigenvalue weighted by atomic mass is 16.5. The molecular weight excluding hydrogens is 426 g/mol. The van der Waals surface area contributed by atoms with Crippen molar-refractivity contribution in [3.63, 3.8) is 0 Å². The van der Waals surface area contributed by atoms with Gasteiger partial charge in [-0.25, -0.2) is 4.98 Å². The molecule has 3 aromatic rings. The molecule has 7 nitrogen and oxygen atoms in total. The molecule has 182 valence electrons. The molecule has 0 bridgehead atoms. The first-order valence-corrected chi connectivity index (χ1v) is 12.4. The van der Waals surface area contributed by atoms with Gasteiger partial charge in [-0.3, -0.25) is 0 Å². The second-order valence-corrected chi connectivity index (χ2v) is 8.99. The van der Waals surface area contributed by atoms with Gasteiger partial charge in [-0.05, 0) is 69.9 Å². The average molecular weight is 464 g/mol. The third-order valence-corrected chi connectivity index (χ3v) is 6.29. The molecule has 1 aromatic heterocycles. The lowest BCUT2D eigenvalue weighted by atomic mass is 9.91. The zero-order chi connectivity index (χ0) is 23.9. The van der Waals surface area contributed by atoms with Crippen molar-refractivity contribution in [2.24, 2.45) is 0 Å². The van der Waals surface area contributed by atoms with Crippen LogP contribution in [0.15, 0.2) is 42.5 Å². The fourth-order valence-corrected chi connectivity index (χ4v) is 4.59. The highest BCUT2D eigenvalue weighted by Crippen LogP contribution is 2.28. The van der Waals surface area contributed by atoms with Crippen LogP contribution in [0.3, 0.4) is 0 Å². The molecule has 4 rings (SSSR count). The van der Waals surface area contributed by atoms with E-state index in [-0.39, 0.29) is 0 Å². The van der Waals surface area contributed by atoms with E-state index in [0.717, 1.165) is 66.0 Å². The number of hydrogen-bond acceptors (Lipinski definition) is 7. The average Bonchev–Trinajstić information content (AvgIpc) is 2.84. The van der Waals surface area contributed by atoms with Gasteiger partial charge >= 0.3 is 0 Å². The molecule has 0 atom stereocenters. The van der Waals surface area contributed by atoms with Crippen LogP contribution >= 0.6 is 0 Å². The molecule has 0 spiro atoms. The normalized spacial score (nSPS) is 18.0. The van der Waals surface area contributed by atoms with Crippen molar-refractivity contribution >= 4 is 22.7 Å². The molecule has 2 N–H and O–H groups in total. The fourth-order valence-electron chi connectivity index (χ4n) is 4.59. The van der Waals surface area contributed by atoms with Gasteiger partial charge in [0.05, 0.1) is 18.7 Å². The minimum atomic E-state index is 0.384. The number of anilines is 2. The summed E-state index contributed by atoms with van der Waals surface area (Å²) in [5.41, 5.74) is 2.12. The van der Waals surface area contributed by atoms with Crippen LogP contribution in [0, 0.1) is 0 Å². The summed E-state index contributed by atoms with van der Waals surface area (Å²) in [6.45, 7) is 6.12. The Morgan fingerprint density at radius 2 is 1.65 bits per heavy atom. The van der Waals surface area contributed by atoms with Crippen LogP contribution in [0.5, 0.6) is 11.5 Å². The van der Waals surface area contributed by atoms with Crippen molar-refractivity contribution in [3.05, 3.63) is 48.0 Å². The number of aromatic nitrogens is 2. The van der Waals surface area contributed by atoms with Crippen LogP contribution in [0.4, 0.5) is 11.8 Å². The number of nitrogens with zero attached hydrogens (tertiary/aromatic N) is 3. The lowest BCUT2D eigenvalue weighted by molar-refractivity contribution is 0.320. The lowest BCUT2D eigenvalue weighted by Gasteiger charge is -2.30. The molecule has 1 aliphatic rings. The molecule has 0 aliphatic heterocycles. The quantitative estimate of drug-likeness (QED) is 0.438. The highest BCUT2D eigenvalue weighted by molar-refractivity contribution is 5.90. The van der Waals surface area contributed by atoms with Crippen LogP contribution in [-0.4, -0.2) is 49.4 Å². The number of rotatable bonds is 10. The van der Waals surface area contributed by atoms with Gasteiger partial charge in [-0.15, -0.1) is 0 Å². The Morgan fingerprint density at radius 1 is 0.912 bits per heavy atom. The minimum Gasteiger partial charge on any atom is -0.494 e. The Bertz CT molecular complexity index is 1080. The number of nitrogens with one attached hydrogen (secondary N) is 2. The molecule has 7 heteroatoms. The third-order valence-electron chi connectivity index (χ3n) is 6.29. The molecule has 0 saturated heterocycles. The number of ether oxygens (including phenoxy) is 2. The molecule has 1 saturated carbocycles. The summed E-state index contributed by atoms with van der Waals surface area (Å²) in [5, 5.41) is 8.41. The number of benzene rings is 2. The van der Waals surface area contributed by atoms with Crippen molar-refractivity contribution < 1.29 is 9.47 Å². The van der Waals surface area contributed by atoms with Crippen molar-refractivity contribution in [2.75, 3.05) is 37.5 Å². The number of hydrogen-bond donors (Lipinski definition) is 2. The van der Waals surface area contributed by atoms with E-state index in [2.05, 4.69) is 22.8 Å². The van der Waals surface area contributed by atoms with Gasteiger partial charge in [-0.2, -0.15) is 4.98 Å². The third kappa shape index (κ3) is 5.89. The Morgan fingerprint density at radius 3 is 2.38 bits per heavy atom. The zero-order valence-corrected chi connectivity index (χ0v) is 20.8. The topological polar surface area (TPSA) is 71.5 Å². The van der Waals surface area contributed by atoms with Crippen LogP contribution in [-0.2, 0) is 6.54 Å². The molecule has 1 heterocycles.